The fraction of sp³-hybridized carbons (Fsp3) is 0.478. The summed E-state index contributed by atoms with van der Waals surface area (Å²) in [5.74, 6) is -0.134. The smallest absolute Gasteiger partial charge is 0.279 e. The number of anilines is 1. The van der Waals surface area contributed by atoms with E-state index in [0.29, 0.717) is 23.8 Å². The van der Waals surface area contributed by atoms with Gasteiger partial charge in [0, 0.05) is 32.1 Å². The molecule has 4 rings (SSSR count). The summed E-state index contributed by atoms with van der Waals surface area (Å²) in [6, 6.07) is 12.1. The lowest BCUT2D eigenvalue weighted by Gasteiger charge is -2.22. The molecular weight excluding hydrogens is 364 g/mol. The Balaban J connectivity index is 1.41. The SMILES string of the molecule is Cn1cccc1[C@@H]1CCC[NH+]1CC(=O)Nc1ccccc1C(=O)NC1CCCC1. The van der Waals surface area contributed by atoms with Gasteiger partial charge in [0.05, 0.1) is 23.5 Å². The quantitative estimate of drug-likeness (QED) is 0.701. The number of carbonyl (C=O) groups is 2. The molecule has 1 saturated carbocycles. The molecule has 2 atom stereocenters. The summed E-state index contributed by atoms with van der Waals surface area (Å²) in [5.41, 5.74) is 2.42. The van der Waals surface area contributed by atoms with Gasteiger partial charge in [0.1, 0.15) is 6.04 Å². The molecule has 1 aliphatic carbocycles. The van der Waals surface area contributed by atoms with Gasteiger partial charge in [0.2, 0.25) is 0 Å². The average Bonchev–Trinajstić information content (AvgIpc) is 3.45. The van der Waals surface area contributed by atoms with E-state index in [2.05, 4.69) is 40.6 Å². The van der Waals surface area contributed by atoms with Gasteiger partial charge >= 0.3 is 0 Å². The Morgan fingerprint density at radius 3 is 2.62 bits per heavy atom. The van der Waals surface area contributed by atoms with Crippen LogP contribution in [0.3, 0.4) is 0 Å². The number of hydrogen-bond donors (Lipinski definition) is 3. The monoisotopic (exact) mass is 395 g/mol. The Kier molecular flexibility index (Phi) is 6.00. The van der Waals surface area contributed by atoms with Crippen LogP contribution in [0.4, 0.5) is 5.69 Å². The molecule has 2 heterocycles. The predicted molar refractivity (Wildman–Crippen MR) is 113 cm³/mol. The molecule has 1 aromatic carbocycles. The van der Waals surface area contributed by atoms with Crippen LogP contribution in [0.15, 0.2) is 42.6 Å². The number of aromatic nitrogens is 1. The maximum Gasteiger partial charge on any atom is 0.279 e. The summed E-state index contributed by atoms with van der Waals surface area (Å²) >= 11 is 0. The van der Waals surface area contributed by atoms with Crippen molar-refractivity contribution < 1.29 is 14.5 Å². The van der Waals surface area contributed by atoms with Gasteiger partial charge in [-0.15, -0.1) is 0 Å². The second-order valence-corrected chi connectivity index (χ2v) is 8.37. The molecule has 154 valence electrons. The minimum absolute atomic E-state index is 0.0396. The fourth-order valence-electron chi connectivity index (χ4n) is 4.84. The van der Waals surface area contributed by atoms with E-state index < -0.39 is 0 Å². The first-order valence-corrected chi connectivity index (χ1v) is 10.8. The zero-order valence-electron chi connectivity index (χ0n) is 17.1. The summed E-state index contributed by atoms with van der Waals surface area (Å²) in [6.45, 7) is 1.40. The summed E-state index contributed by atoms with van der Waals surface area (Å²) < 4.78 is 2.15. The van der Waals surface area contributed by atoms with Gasteiger partial charge in [-0.2, -0.15) is 0 Å². The van der Waals surface area contributed by atoms with E-state index in [1.165, 1.54) is 23.4 Å². The van der Waals surface area contributed by atoms with Crippen LogP contribution in [0.25, 0.3) is 0 Å². The molecule has 1 aliphatic heterocycles. The van der Waals surface area contributed by atoms with Crippen LogP contribution in [0.2, 0.25) is 0 Å². The van der Waals surface area contributed by atoms with E-state index in [1.807, 2.05) is 18.2 Å². The normalized spacial score (nSPS) is 22.0. The molecule has 2 amide bonds. The Morgan fingerprint density at radius 1 is 1.07 bits per heavy atom. The molecule has 29 heavy (non-hydrogen) atoms. The molecule has 6 heteroatoms. The van der Waals surface area contributed by atoms with Crippen molar-refractivity contribution in [2.24, 2.45) is 7.05 Å². The highest BCUT2D eigenvalue weighted by atomic mass is 16.2. The van der Waals surface area contributed by atoms with Gasteiger partial charge in [-0.1, -0.05) is 25.0 Å². The molecule has 2 fully saturated rings. The minimum atomic E-state index is -0.0944. The number of nitrogens with one attached hydrogen (secondary N) is 3. The topological polar surface area (TPSA) is 67.6 Å². The summed E-state index contributed by atoms with van der Waals surface area (Å²) in [7, 11) is 2.06. The lowest BCUT2D eigenvalue weighted by atomic mass is 10.1. The van der Waals surface area contributed by atoms with E-state index in [4.69, 9.17) is 0 Å². The molecule has 2 aliphatic rings. The molecular formula is C23H31N4O2+. The third kappa shape index (κ3) is 4.53. The third-order valence-corrected chi connectivity index (χ3v) is 6.35. The first kappa shape index (κ1) is 19.7. The van der Waals surface area contributed by atoms with E-state index in [0.717, 1.165) is 32.2 Å². The molecule has 0 spiro atoms. The van der Waals surface area contributed by atoms with Gasteiger partial charge in [0.25, 0.3) is 11.8 Å². The second kappa shape index (κ2) is 8.82. The first-order chi connectivity index (χ1) is 14.1. The maximum atomic E-state index is 12.8. The van der Waals surface area contributed by atoms with Crippen LogP contribution >= 0.6 is 0 Å². The van der Waals surface area contributed by atoms with Crippen LogP contribution in [-0.2, 0) is 11.8 Å². The number of hydrogen-bond acceptors (Lipinski definition) is 2. The number of aryl methyl sites for hydroxylation is 1. The molecule has 6 nitrogen and oxygen atoms in total. The van der Waals surface area contributed by atoms with Crippen molar-refractivity contribution in [3.8, 4) is 0 Å². The molecule has 1 aromatic heterocycles. The van der Waals surface area contributed by atoms with Gasteiger partial charge in [-0.05, 0) is 37.1 Å². The van der Waals surface area contributed by atoms with Gasteiger partial charge in [0.15, 0.2) is 6.54 Å². The van der Waals surface area contributed by atoms with Gasteiger partial charge < -0.3 is 20.1 Å². The van der Waals surface area contributed by atoms with Crippen molar-refractivity contribution >= 4 is 17.5 Å². The fourth-order valence-corrected chi connectivity index (χ4v) is 4.84. The third-order valence-electron chi connectivity index (χ3n) is 6.35. The van der Waals surface area contributed by atoms with Gasteiger partial charge in [-0.3, -0.25) is 9.59 Å². The number of benzene rings is 1. The predicted octanol–water partition coefficient (Wildman–Crippen LogP) is 2.06. The number of likely N-dealkylation sites (tertiary alicyclic amines) is 1. The van der Waals surface area contributed by atoms with Crippen LogP contribution in [0.5, 0.6) is 0 Å². The number of para-hydroxylation sites is 1. The summed E-state index contributed by atoms with van der Waals surface area (Å²) in [4.78, 5) is 26.8. The number of nitrogens with zero attached hydrogens (tertiary/aromatic N) is 1. The van der Waals surface area contributed by atoms with E-state index >= 15 is 0 Å². The van der Waals surface area contributed by atoms with Crippen molar-refractivity contribution in [3.05, 3.63) is 53.9 Å². The number of amides is 2. The van der Waals surface area contributed by atoms with Crippen molar-refractivity contribution in [2.75, 3.05) is 18.4 Å². The lowest BCUT2D eigenvalue weighted by molar-refractivity contribution is -0.910. The molecule has 0 radical (unpaired) electrons. The largest absolute Gasteiger partial charge is 0.350 e. The van der Waals surface area contributed by atoms with Gasteiger partial charge in [-0.25, -0.2) is 0 Å². The lowest BCUT2D eigenvalue weighted by Crippen LogP contribution is -3.11. The summed E-state index contributed by atoms with van der Waals surface area (Å²) in [5, 5.41) is 6.11. The minimum Gasteiger partial charge on any atom is -0.350 e. The zero-order chi connectivity index (χ0) is 20.2. The Bertz CT molecular complexity index is 869. The van der Waals surface area contributed by atoms with Crippen LogP contribution in [-0.4, -0.2) is 35.5 Å². The summed E-state index contributed by atoms with van der Waals surface area (Å²) in [6.07, 6.45) is 8.71. The van der Waals surface area contributed by atoms with Crippen molar-refractivity contribution in [1.82, 2.24) is 9.88 Å². The van der Waals surface area contributed by atoms with Crippen molar-refractivity contribution in [2.45, 2.75) is 50.6 Å². The molecule has 0 bridgehead atoms. The Hall–Kier alpha value is -2.60. The number of carbonyl (C=O) groups excluding carboxylic acids is 2. The highest BCUT2D eigenvalue weighted by molar-refractivity contribution is 6.04. The Labute approximate surface area is 172 Å². The van der Waals surface area contributed by atoms with Crippen LogP contribution in [0, 0.1) is 0 Å². The standard InChI is InChI=1S/C23H30N4O2/c1-26-14-6-12-20(26)21-13-7-15-27(21)16-22(28)25-19-11-5-4-10-18(19)23(29)24-17-8-2-3-9-17/h4-6,10-12,14,17,21H,2-3,7-9,13,15-16H2,1H3,(H,24,29)(H,25,28)/p+1/t21-/m0/s1. The van der Waals surface area contributed by atoms with E-state index in [9.17, 15) is 9.59 Å². The molecule has 1 saturated heterocycles. The highest BCUT2D eigenvalue weighted by Crippen LogP contribution is 2.21. The van der Waals surface area contributed by atoms with Crippen LogP contribution in [0.1, 0.15) is 60.6 Å². The van der Waals surface area contributed by atoms with E-state index in [1.54, 1.807) is 6.07 Å². The molecule has 1 unspecified atom stereocenters. The molecule has 2 aromatic rings. The number of rotatable bonds is 6. The van der Waals surface area contributed by atoms with Crippen molar-refractivity contribution in [3.63, 3.8) is 0 Å². The van der Waals surface area contributed by atoms with Crippen LogP contribution < -0.4 is 15.5 Å². The average molecular weight is 396 g/mol. The maximum absolute atomic E-state index is 12.8. The zero-order valence-corrected chi connectivity index (χ0v) is 17.1. The molecule has 3 N–H and O–H groups in total. The first-order valence-electron chi connectivity index (χ1n) is 10.8. The Morgan fingerprint density at radius 2 is 1.86 bits per heavy atom. The second-order valence-electron chi connectivity index (χ2n) is 8.37. The highest BCUT2D eigenvalue weighted by Gasteiger charge is 2.33. The van der Waals surface area contributed by atoms with E-state index in [-0.39, 0.29) is 17.9 Å². The number of quaternary nitrogens is 1. The van der Waals surface area contributed by atoms with Crippen molar-refractivity contribution in [1.29, 1.82) is 0 Å².